The number of carbonyl (C=O) groups excluding carboxylic acids is 1. The van der Waals surface area contributed by atoms with Gasteiger partial charge >= 0.3 is 5.97 Å². The van der Waals surface area contributed by atoms with Crippen LogP contribution >= 0.6 is 31.9 Å². The Bertz CT molecular complexity index is 451. The summed E-state index contributed by atoms with van der Waals surface area (Å²) in [4.78, 5) is 18.5. The molecule has 1 heterocycles. The molecule has 0 fully saturated rings. The number of hydrogen-bond acceptors (Lipinski definition) is 4. The van der Waals surface area contributed by atoms with Crippen molar-refractivity contribution in [3.8, 4) is 0 Å². The van der Waals surface area contributed by atoms with Gasteiger partial charge in [-0.25, -0.2) is 0 Å². The molecule has 0 aliphatic rings. The normalized spacial score (nSPS) is 12.5. The summed E-state index contributed by atoms with van der Waals surface area (Å²) in [6.07, 6.45) is 2.06. The molecule has 20 heavy (non-hydrogen) atoms. The highest BCUT2D eigenvalue weighted by Gasteiger charge is 2.25. The van der Waals surface area contributed by atoms with Gasteiger partial charge in [-0.15, -0.1) is 0 Å². The first-order valence-corrected chi connectivity index (χ1v) is 8.32. The lowest BCUT2D eigenvalue weighted by Gasteiger charge is -2.29. The second kappa shape index (κ2) is 8.74. The molecule has 1 aromatic heterocycles. The molecule has 6 heteroatoms. The third kappa shape index (κ3) is 4.82. The molecule has 0 aliphatic heterocycles. The van der Waals surface area contributed by atoms with E-state index in [9.17, 15) is 4.79 Å². The van der Waals surface area contributed by atoms with E-state index in [0.29, 0.717) is 13.0 Å². The van der Waals surface area contributed by atoms with Crippen LogP contribution in [0.2, 0.25) is 0 Å². The maximum absolute atomic E-state index is 11.8. The van der Waals surface area contributed by atoms with Gasteiger partial charge in [0.15, 0.2) is 0 Å². The zero-order valence-electron chi connectivity index (χ0n) is 12.0. The Labute approximate surface area is 137 Å². The van der Waals surface area contributed by atoms with Crippen LogP contribution in [-0.2, 0) is 9.53 Å². The van der Waals surface area contributed by atoms with Crippen molar-refractivity contribution in [2.75, 3.05) is 19.7 Å². The van der Waals surface area contributed by atoms with Gasteiger partial charge in [0, 0.05) is 15.1 Å². The van der Waals surface area contributed by atoms with Gasteiger partial charge in [0.25, 0.3) is 0 Å². The summed E-state index contributed by atoms with van der Waals surface area (Å²) in [5.74, 6) is -0.194. The number of halogens is 2. The second-order valence-electron chi connectivity index (χ2n) is 4.27. The maximum Gasteiger partial charge on any atom is 0.307 e. The first-order valence-electron chi connectivity index (χ1n) is 6.74. The van der Waals surface area contributed by atoms with Gasteiger partial charge in [0.1, 0.15) is 0 Å². The number of nitrogens with zero attached hydrogens (tertiary/aromatic N) is 2. The summed E-state index contributed by atoms with van der Waals surface area (Å²) in [6, 6.07) is 1.87. The van der Waals surface area contributed by atoms with E-state index < -0.39 is 0 Å². The van der Waals surface area contributed by atoms with Crippen molar-refractivity contribution >= 4 is 37.8 Å². The fourth-order valence-electron chi connectivity index (χ4n) is 2.11. The lowest BCUT2D eigenvalue weighted by molar-refractivity contribution is -0.144. The predicted octanol–water partition coefficient (Wildman–Crippen LogP) is 3.94. The van der Waals surface area contributed by atoms with Crippen LogP contribution in [0.15, 0.2) is 21.2 Å². The fourth-order valence-corrected chi connectivity index (χ4v) is 3.36. The minimum Gasteiger partial charge on any atom is -0.466 e. The van der Waals surface area contributed by atoms with E-state index in [1.165, 1.54) is 0 Å². The Morgan fingerprint density at radius 2 is 2.00 bits per heavy atom. The minimum atomic E-state index is -0.194. The summed E-state index contributed by atoms with van der Waals surface area (Å²) in [7, 11) is 0. The van der Waals surface area contributed by atoms with E-state index >= 15 is 0 Å². The average Bonchev–Trinajstić information content (AvgIpc) is 2.39. The van der Waals surface area contributed by atoms with Gasteiger partial charge in [-0.1, -0.05) is 13.8 Å². The van der Waals surface area contributed by atoms with Gasteiger partial charge in [0.05, 0.1) is 24.8 Å². The Morgan fingerprint density at radius 1 is 1.35 bits per heavy atom. The van der Waals surface area contributed by atoms with E-state index in [1.807, 2.05) is 13.0 Å². The van der Waals surface area contributed by atoms with Gasteiger partial charge in [-0.05, 0) is 57.9 Å². The minimum absolute atomic E-state index is 0.0773. The molecule has 0 N–H and O–H groups in total. The van der Waals surface area contributed by atoms with Crippen molar-refractivity contribution < 1.29 is 9.53 Å². The Kier molecular flexibility index (Phi) is 7.69. The summed E-state index contributed by atoms with van der Waals surface area (Å²) in [5, 5.41) is 0. The van der Waals surface area contributed by atoms with Crippen LogP contribution in [0.4, 0.5) is 0 Å². The molecule has 0 saturated carbocycles. The highest BCUT2D eigenvalue weighted by Crippen LogP contribution is 2.30. The maximum atomic E-state index is 11.8. The Hall–Kier alpha value is -0.460. The molecule has 4 nitrogen and oxygen atoms in total. The van der Waals surface area contributed by atoms with E-state index in [4.69, 9.17) is 4.74 Å². The predicted molar refractivity (Wildman–Crippen MR) is 86.5 cm³/mol. The molecule has 0 aliphatic carbocycles. The zero-order chi connectivity index (χ0) is 15.1. The molecule has 1 aromatic rings. The fraction of sp³-hybridized carbons (Fsp3) is 0.571. The summed E-state index contributed by atoms with van der Waals surface area (Å²) >= 11 is 6.93. The SMILES string of the molecule is CCOC(=O)CC(c1ncc(Br)cc1Br)N(CC)CC. The third-order valence-corrected chi connectivity index (χ3v) is 4.14. The van der Waals surface area contributed by atoms with Crippen molar-refractivity contribution in [3.05, 3.63) is 26.9 Å². The summed E-state index contributed by atoms with van der Waals surface area (Å²) in [5.41, 5.74) is 0.866. The molecule has 1 unspecified atom stereocenters. The van der Waals surface area contributed by atoms with Crippen LogP contribution in [0.3, 0.4) is 0 Å². The second-order valence-corrected chi connectivity index (χ2v) is 6.04. The standard InChI is InChI=1S/C14H20Br2N2O2/c1-4-18(5-2)12(8-13(19)20-6-3)14-11(16)7-10(15)9-17-14/h7,9,12H,4-6,8H2,1-3H3. The first-order chi connectivity index (χ1) is 9.53. The van der Waals surface area contributed by atoms with Crippen molar-refractivity contribution in [3.63, 3.8) is 0 Å². The number of esters is 1. The Morgan fingerprint density at radius 3 is 2.50 bits per heavy atom. The lowest BCUT2D eigenvalue weighted by Crippen LogP contribution is -2.31. The highest BCUT2D eigenvalue weighted by molar-refractivity contribution is 9.11. The number of carbonyl (C=O) groups is 1. The van der Waals surface area contributed by atoms with Gasteiger partial charge in [-0.2, -0.15) is 0 Å². The number of aromatic nitrogens is 1. The lowest BCUT2D eigenvalue weighted by atomic mass is 10.1. The third-order valence-electron chi connectivity index (χ3n) is 3.07. The number of rotatable bonds is 7. The molecular formula is C14H20Br2N2O2. The van der Waals surface area contributed by atoms with Crippen LogP contribution < -0.4 is 0 Å². The van der Waals surface area contributed by atoms with Crippen LogP contribution in [-0.4, -0.2) is 35.5 Å². The molecule has 0 bridgehead atoms. The van der Waals surface area contributed by atoms with Gasteiger partial charge < -0.3 is 4.74 Å². The van der Waals surface area contributed by atoms with Crippen molar-refractivity contribution in [1.29, 1.82) is 0 Å². The molecule has 0 radical (unpaired) electrons. The van der Waals surface area contributed by atoms with E-state index in [0.717, 1.165) is 27.7 Å². The number of hydrogen-bond donors (Lipinski definition) is 0. The highest BCUT2D eigenvalue weighted by atomic mass is 79.9. The van der Waals surface area contributed by atoms with Gasteiger partial charge in [0.2, 0.25) is 0 Å². The van der Waals surface area contributed by atoms with E-state index in [2.05, 4.69) is 55.6 Å². The molecule has 1 rings (SSSR count). The first kappa shape index (κ1) is 17.6. The van der Waals surface area contributed by atoms with Crippen molar-refractivity contribution in [2.45, 2.75) is 33.2 Å². The van der Waals surface area contributed by atoms with Crippen LogP contribution in [0.1, 0.15) is 38.9 Å². The van der Waals surface area contributed by atoms with Gasteiger partial charge in [-0.3, -0.25) is 14.7 Å². The molecular weight excluding hydrogens is 388 g/mol. The van der Waals surface area contributed by atoms with Crippen molar-refractivity contribution in [1.82, 2.24) is 9.88 Å². The van der Waals surface area contributed by atoms with Crippen molar-refractivity contribution in [2.24, 2.45) is 0 Å². The van der Waals surface area contributed by atoms with Crippen LogP contribution in [0.25, 0.3) is 0 Å². The van der Waals surface area contributed by atoms with Crippen LogP contribution in [0, 0.1) is 0 Å². The smallest absolute Gasteiger partial charge is 0.307 e. The van der Waals surface area contributed by atoms with E-state index in [-0.39, 0.29) is 12.0 Å². The molecule has 0 saturated heterocycles. The summed E-state index contributed by atoms with van der Waals surface area (Å²) < 4.78 is 6.88. The van der Waals surface area contributed by atoms with Crippen LogP contribution in [0.5, 0.6) is 0 Å². The Balaban J connectivity index is 3.05. The van der Waals surface area contributed by atoms with E-state index in [1.54, 1.807) is 6.20 Å². The number of ether oxygens (including phenoxy) is 1. The largest absolute Gasteiger partial charge is 0.466 e. The molecule has 112 valence electrons. The zero-order valence-corrected chi connectivity index (χ0v) is 15.2. The molecule has 0 amide bonds. The number of pyridine rings is 1. The average molecular weight is 408 g/mol. The quantitative estimate of drug-likeness (QED) is 0.642. The molecule has 0 spiro atoms. The molecule has 1 atom stereocenters. The molecule has 0 aromatic carbocycles. The topological polar surface area (TPSA) is 42.4 Å². The summed E-state index contributed by atoms with van der Waals surface area (Å²) in [6.45, 7) is 8.08. The monoisotopic (exact) mass is 406 g/mol.